The van der Waals surface area contributed by atoms with Crippen LogP contribution in [0.3, 0.4) is 0 Å². The van der Waals surface area contributed by atoms with Gasteiger partial charge in [0.25, 0.3) is 0 Å². The first-order valence-corrected chi connectivity index (χ1v) is 15.7. The average molecular weight is 532 g/mol. The number of nitrogens with zero attached hydrogens (tertiary/aromatic N) is 1. The van der Waals surface area contributed by atoms with Gasteiger partial charge in [-0.25, -0.2) is 4.85 Å². The Kier molecular flexibility index (Phi) is 6.76. The zero-order valence-electron chi connectivity index (χ0n) is 25.4. The van der Waals surface area contributed by atoms with E-state index in [0.717, 1.165) is 69.8 Å². The summed E-state index contributed by atoms with van der Waals surface area (Å²) >= 11 is 0. The van der Waals surface area contributed by atoms with Crippen LogP contribution in [0.4, 0.5) is 0 Å². The molecule has 0 aromatic rings. The molecule has 4 heteroatoms. The Balaban J connectivity index is 1.63. The van der Waals surface area contributed by atoms with Crippen molar-refractivity contribution in [2.24, 2.45) is 50.7 Å². The summed E-state index contributed by atoms with van der Waals surface area (Å²) < 4.78 is 0. The molecule has 0 saturated heterocycles. The number of hydrogen-bond donors (Lipinski definition) is 0. The van der Waals surface area contributed by atoms with Crippen molar-refractivity contribution in [3.05, 3.63) is 34.8 Å². The summed E-state index contributed by atoms with van der Waals surface area (Å²) in [5.74, 6) is 0.405. The number of carbonyl (C=O) groups is 3. The summed E-state index contributed by atoms with van der Waals surface area (Å²) in [6.45, 7) is 23.4. The highest BCUT2D eigenvalue weighted by molar-refractivity contribution is 6.01. The van der Waals surface area contributed by atoms with Crippen molar-refractivity contribution in [1.82, 2.24) is 0 Å². The molecule has 0 radical (unpaired) electrons. The van der Waals surface area contributed by atoms with Crippen LogP contribution in [0.15, 0.2) is 23.4 Å². The molecule has 0 bridgehead atoms. The summed E-state index contributed by atoms with van der Waals surface area (Å²) in [7, 11) is 0. The summed E-state index contributed by atoms with van der Waals surface area (Å²) in [6.07, 6.45) is 14.2. The Hall–Kier alpha value is -2.02. The molecular formula is C35H49NO3. The van der Waals surface area contributed by atoms with Gasteiger partial charge in [-0.05, 0) is 85.5 Å². The monoisotopic (exact) mass is 531 g/mol. The normalized spacial score (nSPS) is 44.6. The van der Waals surface area contributed by atoms with Crippen molar-refractivity contribution >= 4 is 17.3 Å². The Morgan fingerprint density at radius 3 is 2.36 bits per heavy atom. The zero-order chi connectivity index (χ0) is 28.6. The van der Waals surface area contributed by atoms with Crippen LogP contribution >= 0.6 is 0 Å². The first kappa shape index (κ1) is 28.5. The maximum atomic E-state index is 14.5. The summed E-state index contributed by atoms with van der Waals surface area (Å²) in [6, 6.07) is 0. The maximum absolute atomic E-state index is 14.5. The van der Waals surface area contributed by atoms with E-state index in [9.17, 15) is 14.4 Å². The molecule has 5 rings (SSSR count). The minimum absolute atomic E-state index is 0.0450. The van der Waals surface area contributed by atoms with Crippen molar-refractivity contribution in [3.63, 3.8) is 0 Å². The fourth-order valence-corrected chi connectivity index (χ4v) is 10.5. The number of ketones is 3. The topological polar surface area (TPSA) is 55.6 Å². The van der Waals surface area contributed by atoms with Crippen LogP contribution in [0.2, 0.25) is 0 Å². The van der Waals surface area contributed by atoms with E-state index in [-0.39, 0.29) is 62.6 Å². The number of unbranched alkanes of at least 4 members (excludes halogenated alkanes) is 2. The maximum Gasteiger partial charge on any atom is 0.226 e. The SMILES string of the molecule is [C-]#[N+]C1=C[C@]2(C)C3=CC(=O)[C@@H]4[C@@H]5CC(C)(C)CC[C@]5(C(=O)CCCCC)CC[C@@]4(C)[C@]3(C)CC[C@H]2[C@H](C)C1=O. The van der Waals surface area contributed by atoms with Crippen molar-refractivity contribution < 1.29 is 14.4 Å². The van der Waals surface area contributed by atoms with Crippen LogP contribution in [0.25, 0.3) is 4.85 Å². The molecule has 3 fully saturated rings. The molecule has 0 spiro atoms. The quantitative estimate of drug-likeness (QED) is 0.265. The molecule has 0 aromatic heterocycles. The average Bonchev–Trinajstić information content (AvgIpc) is 2.87. The minimum atomic E-state index is -0.472. The number of allylic oxidation sites excluding steroid dienone is 4. The first-order valence-electron chi connectivity index (χ1n) is 15.7. The molecule has 0 aromatic carbocycles. The lowest BCUT2D eigenvalue weighted by Crippen LogP contribution is -2.65. The molecule has 0 unspecified atom stereocenters. The summed E-state index contributed by atoms with van der Waals surface area (Å²) in [5.41, 5.74) is 0.212. The third-order valence-electron chi connectivity index (χ3n) is 13.1. The third-order valence-corrected chi connectivity index (χ3v) is 13.1. The van der Waals surface area contributed by atoms with Crippen LogP contribution < -0.4 is 0 Å². The fourth-order valence-electron chi connectivity index (χ4n) is 10.5. The Labute approximate surface area is 236 Å². The van der Waals surface area contributed by atoms with Crippen LogP contribution in [-0.4, -0.2) is 17.3 Å². The smallest absolute Gasteiger partial charge is 0.226 e. The largest absolute Gasteiger partial charge is 0.308 e. The molecule has 0 heterocycles. The molecule has 8 atom stereocenters. The van der Waals surface area contributed by atoms with Gasteiger partial charge in [0.1, 0.15) is 5.78 Å². The highest BCUT2D eigenvalue weighted by Crippen LogP contribution is 2.74. The van der Waals surface area contributed by atoms with Gasteiger partial charge < -0.3 is 4.79 Å². The number of Topliss-reactive ketones (excluding diaryl/α,β-unsaturated/α-hetero) is 2. The standard InChI is InChI=1S/C35H49NO3/c1-9-10-11-12-28(38)35-17-15-31(3,4)20-24(35)29-26(37)19-27-32(5)21-25(36-8)30(39)22(2)23(32)13-14-33(27,6)34(29,7)16-18-35/h19,21-24,29H,9-18,20H2,1-7H3/t22-,23-,24-,29-,32-,33+,34+,35-/m0/s1. The number of hydrogen-bond acceptors (Lipinski definition) is 3. The summed E-state index contributed by atoms with van der Waals surface area (Å²) in [4.78, 5) is 45.2. The molecular weight excluding hydrogens is 482 g/mol. The molecule has 0 aliphatic heterocycles. The molecule has 4 nitrogen and oxygen atoms in total. The van der Waals surface area contributed by atoms with Crippen molar-refractivity contribution in [3.8, 4) is 0 Å². The number of fused-ring (bicyclic) bond motifs is 7. The predicted octanol–water partition coefficient (Wildman–Crippen LogP) is 8.32. The van der Waals surface area contributed by atoms with Gasteiger partial charge in [0.05, 0.1) is 6.57 Å². The van der Waals surface area contributed by atoms with E-state index in [0.29, 0.717) is 12.2 Å². The van der Waals surface area contributed by atoms with Crippen LogP contribution in [0.5, 0.6) is 0 Å². The van der Waals surface area contributed by atoms with E-state index < -0.39 is 5.41 Å². The number of rotatable bonds is 5. The summed E-state index contributed by atoms with van der Waals surface area (Å²) in [5, 5.41) is 0. The Morgan fingerprint density at radius 2 is 1.69 bits per heavy atom. The van der Waals surface area contributed by atoms with E-state index in [1.54, 1.807) is 0 Å². The number of carbonyl (C=O) groups excluding carboxylic acids is 3. The molecule has 5 aliphatic carbocycles. The van der Waals surface area contributed by atoms with Crippen molar-refractivity contribution in [2.75, 3.05) is 0 Å². The highest BCUT2D eigenvalue weighted by Gasteiger charge is 2.69. The second kappa shape index (κ2) is 9.25. The van der Waals surface area contributed by atoms with E-state index in [1.165, 1.54) is 0 Å². The Bertz CT molecular complexity index is 1200. The molecule has 212 valence electrons. The lowest BCUT2D eigenvalue weighted by Gasteiger charge is -2.68. The molecule has 5 aliphatic rings. The van der Waals surface area contributed by atoms with Crippen molar-refractivity contribution in [1.29, 1.82) is 0 Å². The van der Waals surface area contributed by atoms with Gasteiger partial charge in [0.15, 0.2) is 11.6 Å². The predicted molar refractivity (Wildman–Crippen MR) is 154 cm³/mol. The van der Waals surface area contributed by atoms with E-state index >= 15 is 0 Å². The van der Waals surface area contributed by atoms with Gasteiger partial charge in [0.2, 0.25) is 5.70 Å². The van der Waals surface area contributed by atoms with E-state index in [2.05, 4.69) is 46.4 Å². The lowest BCUT2D eigenvalue weighted by molar-refractivity contribution is -0.176. The van der Waals surface area contributed by atoms with Gasteiger partial charge in [-0.15, -0.1) is 0 Å². The molecule has 0 N–H and O–H groups in total. The van der Waals surface area contributed by atoms with Gasteiger partial charge >= 0.3 is 0 Å². The lowest BCUT2D eigenvalue weighted by atomic mass is 9.34. The molecule has 39 heavy (non-hydrogen) atoms. The Morgan fingerprint density at radius 1 is 1.00 bits per heavy atom. The molecule has 0 amide bonds. The van der Waals surface area contributed by atoms with Gasteiger partial charge in [-0.3, -0.25) is 9.59 Å². The van der Waals surface area contributed by atoms with Crippen LogP contribution in [0.1, 0.15) is 119 Å². The minimum Gasteiger partial charge on any atom is -0.308 e. The van der Waals surface area contributed by atoms with Gasteiger partial charge in [-0.1, -0.05) is 73.0 Å². The van der Waals surface area contributed by atoms with Crippen LogP contribution in [-0.2, 0) is 14.4 Å². The second-order valence-electron chi connectivity index (χ2n) is 15.4. The van der Waals surface area contributed by atoms with E-state index in [4.69, 9.17) is 6.57 Å². The molecule has 3 saturated carbocycles. The highest BCUT2D eigenvalue weighted by atomic mass is 16.1. The second-order valence-corrected chi connectivity index (χ2v) is 15.4. The zero-order valence-corrected chi connectivity index (χ0v) is 25.4. The van der Waals surface area contributed by atoms with Crippen molar-refractivity contribution in [2.45, 2.75) is 119 Å². The van der Waals surface area contributed by atoms with E-state index in [1.807, 2.05) is 19.1 Å². The third kappa shape index (κ3) is 3.84. The van der Waals surface area contributed by atoms with Gasteiger partial charge in [0, 0.05) is 29.1 Å². The fraction of sp³-hybridized carbons (Fsp3) is 0.771. The van der Waals surface area contributed by atoms with Crippen LogP contribution in [0, 0.1) is 57.3 Å². The first-order chi connectivity index (χ1) is 18.2. The van der Waals surface area contributed by atoms with Gasteiger partial charge in [-0.2, -0.15) is 0 Å².